The zero-order valence-corrected chi connectivity index (χ0v) is 16.5. The summed E-state index contributed by atoms with van der Waals surface area (Å²) in [5.41, 5.74) is 1.64. The van der Waals surface area contributed by atoms with Crippen LogP contribution >= 0.6 is 11.3 Å². The van der Waals surface area contributed by atoms with Crippen molar-refractivity contribution in [1.82, 2.24) is 9.88 Å². The fourth-order valence-electron chi connectivity index (χ4n) is 2.52. The average molecular weight is 395 g/mol. The van der Waals surface area contributed by atoms with E-state index in [9.17, 15) is 9.59 Å². The SMILES string of the molecule is Cc1cccc(Oc2ccc(NC(=O)C(=O)N(C)CCc3nccs3)cc2)c1. The van der Waals surface area contributed by atoms with Crippen LogP contribution in [0.4, 0.5) is 5.69 Å². The Kier molecular flexibility index (Phi) is 6.39. The molecule has 0 spiro atoms. The van der Waals surface area contributed by atoms with Gasteiger partial charge in [-0.3, -0.25) is 9.59 Å². The quantitative estimate of drug-likeness (QED) is 0.643. The molecule has 0 unspecified atom stereocenters. The van der Waals surface area contributed by atoms with Gasteiger partial charge in [0.1, 0.15) is 11.5 Å². The summed E-state index contributed by atoms with van der Waals surface area (Å²) >= 11 is 1.53. The van der Waals surface area contributed by atoms with Gasteiger partial charge in [0.05, 0.1) is 5.01 Å². The molecular formula is C21H21N3O3S. The number of benzene rings is 2. The molecule has 1 heterocycles. The highest BCUT2D eigenvalue weighted by molar-refractivity contribution is 7.09. The number of nitrogens with zero attached hydrogens (tertiary/aromatic N) is 2. The van der Waals surface area contributed by atoms with Crippen molar-refractivity contribution in [3.05, 3.63) is 70.7 Å². The van der Waals surface area contributed by atoms with Gasteiger partial charge in [-0.2, -0.15) is 0 Å². The van der Waals surface area contributed by atoms with Crippen LogP contribution in [0.2, 0.25) is 0 Å². The van der Waals surface area contributed by atoms with Crippen molar-refractivity contribution in [1.29, 1.82) is 0 Å². The van der Waals surface area contributed by atoms with Crippen LogP contribution in [-0.2, 0) is 16.0 Å². The lowest BCUT2D eigenvalue weighted by atomic mass is 10.2. The van der Waals surface area contributed by atoms with E-state index in [-0.39, 0.29) is 0 Å². The number of carbonyl (C=O) groups is 2. The van der Waals surface area contributed by atoms with Gasteiger partial charge < -0.3 is 15.0 Å². The molecule has 3 aromatic rings. The normalized spacial score (nSPS) is 10.4. The molecule has 0 fully saturated rings. The standard InChI is InChI=1S/C21H21N3O3S/c1-15-4-3-5-18(14-15)27-17-8-6-16(7-9-17)23-20(25)21(26)24(2)12-10-19-22-11-13-28-19/h3-9,11,13-14H,10,12H2,1-2H3,(H,23,25). The number of anilines is 1. The highest BCUT2D eigenvalue weighted by atomic mass is 32.1. The van der Waals surface area contributed by atoms with Crippen LogP contribution in [-0.4, -0.2) is 35.3 Å². The zero-order valence-electron chi connectivity index (χ0n) is 15.7. The van der Waals surface area contributed by atoms with Gasteiger partial charge in [-0.1, -0.05) is 12.1 Å². The number of hydrogen-bond donors (Lipinski definition) is 1. The number of rotatable bonds is 6. The minimum Gasteiger partial charge on any atom is -0.457 e. The van der Waals surface area contributed by atoms with Crippen LogP contribution in [0.15, 0.2) is 60.1 Å². The maximum Gasteiger partial charge on any atom is 0.313 e. The van der Waals surface area contributed by atoms with Gasteiger partial charge >= 0.3 is 11.8 Å². The Balaban J connectivity index is 1.52. The molecule has 0 saturated heterocycles. The lowest BCUT2D eigenvalue weighted by molar-refractivity contribution is -0.142. The largest absolute Gasteiger partial charge is 0.457 e. The Morgan fingerprint density at radius 2 is 1.93 bits per heavy atom. The molecule has 28 heavy (non-hydrogen) atoms. The molecule has 0 radical (unpaired) electrons. The first-order valence-electron chi connectivity index (χ1n) is 8.80. The fourth-order valence-corrected chi connectivity index (χ4v) is 3.13. The number of carbonyl (C=O) groups excluding carboxylic acids is 2. The van der Waals surface area contributed by atoms with Gasteiger partial charge in [0.25, 0.3) is 0 Å². The molecule has 0 aliphatic rings. The van der Waals surface area contributed by atoms with E-state index in [0.717, 1.165) is 16.3 Å². The van der Waals surface area contributed by atoms with Crippen molar-refractivity contribution in [3.8, 4) is 11.5 Å². The van der Waals surface area contributed by atoms with Gasteiger partial charge in [-0.15, -0.1) is 11.3 Å². The third kappa shape index (κ3) is 5.40. The average Bonchev–Trinajstić information content (AvgIpc) is 3.20. The molecule has 0 bridgehead atoms. The molecule has 1 aromatic heterocycles. The Morgan fingerprint density at radius 1 is 1.14 bits per heavy atom. The van der Waals surface area contributed by atoms with Crippen molar-refractivity contribution in [2.75, 3.05) is 18.9 Å². The molecule has 0 saturated carbocycles. The van der Waals surface area contributed by atoms with Crippen LogP contribution < -0.4 is 10.1 Å². The smallest absolute Gasteiger partial charge is 0.313 e. The number of aryl methyl sites for hydroxylation is 1. The molecule has 2 amide bonds. The van der Waals surface area contributed by atoms with Gasteiger partial charge in [0, 0.05) is 37.3 Å². The number of aromatic nitrogens is 1. The van der Waals surface area contributed by atoms with Gasteiger partial charge in [0.15, 0.2) is 0 Å². The van der Waals surface area contributed by atoms with Crippen molar-refractivity contribution in [2.45, 2.75) is 13.3 Å². The predicted octanol–water partition coefficient (Wildman–Crippen LogP) is 3.88. The topological polar surface area (TPSA) is 71.5 Å². The fraction of sp³-hybridized carbons (Fsp3) is 0.190. The second-order valence-electron chi connectivity index (χ2n) is 6.30. The first-order valence-corrected chi connectivity index (χ1v) is 9.68. The third-order valence-electron chi connectivity index (χ3n) is 4.02. The number of hydrogen-bond acceptors (Lipinski definition) is 5. The molecular weight excluding hydrogens is 374 g/mol. The van der Waals surface area contributed by atoms with E-state index >= 15 is 0 Å². The van der Waals surface area contributed by atoms with Crippen LogP contribution in [0.5, 0.6) is 11.5 Å². The molecule has 144 valence electrons. The van der Waals surface area contributed by atoms with Crippen molar-refractivity contribution >= 4 is 28.8 Å². The first kappa shape index (κ1) is 19.6. The monoisotopic (exact) mass is 395 g/mol. The van der Waals surface area contributed by atoms with Gasteiger partial charge in [-0.05, 0) is 48.9 Å². The molecule has 0 aliphatic heterocycles. The maximum absolute atomic E-state index is 12.2. The van der Waals surface area contributed by atoms with E-state index in [0.29, 0.717) is 24.4 Å². The summed E-state index contributed by atoms with van der Waals surface area (Å²) in [7, 11) is 1.61. The van der Waals surface area contributed by atoms with Crippen LogP contribution in [0.1, 0.15) is 10.6 Å². The Bertz CT molecular complexity index is 940. The van der Waals surface area contributed by atoms with Crippen molar-refractivity contribution in [3.63, 3.8) is 0 Å². The Hall–Kier alpha value is -3.19. The van der Waals surface area contributed by atoms with Gasteiger partial charge in [0.2, 0.25) is 0 Å². The minimum absolute atomic E-state index is 0.434. The molecule has 7 heteroatoms. The number of thiazole rings is 1. The minimum atomic E-state index is -0.672. The molecule has 3 rings (SSSR count). The van der Waals surface area contributed by atoms with Crippen molar-refractivity contribution < 1.29 is 14.3 Å². The third-order valence-corrected chi connectivity index (χ3v) is 4.86. The number of ether oxygens (including phenoxy) is 1. The van der Waals surface area contributed by atoms with Crippen molar-refractivity contribution in [2.24, 2.45) is 0 Å². The van der Waals surface area contributed by atoms with E-state index in [1.165, 1.54) is 16.2 Å². The molecule has 0 atom stereocenters. The van der Waals surface area contributed by atoms with E-state index in [1.54, 1.807) is 37.5 Å². The summed E-state index contributed by atoms with van der Waals surface area (Å²) in [6, 6.07) is 14.6. The van der Waals surface area contributed by atoms with Gasteiger partial charge in [-0.25, -0.2) is 4.98 Å². The van der Waals surface area contributed by atoms with Crippen LogP contribution in [0, 0.1) is 6.92 Å². The van der Waals surface area contributed by atoms with E-state index in [1.807, 2.05) is 36.6 Å². The second-order valence-corrected chi connectivity index (χ2v) is 7.28. The Morgan fingerprint density at radius 3 is 2.61 bits per heavy atom. The van der Waals surface area contributed by atoms with E-state index in [4.69, 9.17) is 4.74 Å². The summed E-state index contributed by atoms with van der Waals surface area (Å²) in [4.78, 5) is 30.0. The highest BCUT2D eigenvalue weighted by Gasteiger charge is 2.18. The van der Waals surface area contributed by atoms with E-state index < -0.39 is 11.8 Å². The summed E-state index contributed by atoms with van der Waals surface area (Å²) in [5.74, 6) is 0.134. The molecule has 6 nitrogen and oxygen atoms in total. The molecule has 1 N–H and O–H groups in total. The van der Waals surface area contributed by atoms with Crippen LogP contribution in [0.3, 0.4) is 0 Å². The highest BCUT2D eigenvalue weighted by Crippen LogP contribution is 2.23. The predicted molar refractivity (Wildman–Crippen MR) is 110 cm³/mol. The summed E-state index contributed by atoms with van der Waals surface area (Å²) in [6.45, 7) is 2.43. The first-order chi connectivity index (χ1) is 13.5. The number of amides is 2. The van der Waals surface area contributed by atoms with Crippen LogP contribution in [0.25, 0.3) is 0 Å². The maximum atomic E-state index is 12.2. The van der Waals surface area contributed by atoms with E-state index in [2.05, 4.69) is 10.3 Å². The summed E-state index contributed by atoms with van der Waals surface area (Å²) < 4.78 is 5.78. The number of nitrogens with one attached hydrogen (secondary N) is 1. The molecule has 2 aromatic carbocycles. The zero-order chi connectivity index (χ0) is 19.9. The second kappa shape index (κ2) is 9.14. The number of likely N-dealkylation sites (N-methyl/N-ethyl adjacent to an activating group) is 1. The summed E-state index contributed by atoms with van der Waals surface area (Å²) in [5, 5.41) is 5.44. The Labute approximate surface area is 167 Å². The lowest BCUT2D eigenvalue weighted by Gasteiger charge is -2.16. The lowest BCUT2D eigenvalue weighted by Crippen LogP contribution is -2.38. The summed E-state index contributed by atoms with van der Waals surface area (Å²) in [6.07, 6.45) is 2.35. The molecule has 0 aliphatic carbocycles.